The number of para-hydroxylation sites is 1. The molecule has 0 bridgehead atoms. The quantitative estimate of drug-likeness (QED) is 0.751. The number of hydrogen-bond acceptors (Lipinski definition) is 4. The number of amides is 1. The number of benzene rings is 2. The molecule has 1 aromatic heterocycles. The molecule has 0 saturated heterocycles. The van der Waals surface area contributed by atoms with Crippen molar-refractivity contribution < 1.29 is 9.53 Å². The van der Waals surface area contributed by atoms with E-state index in [-0.39, 0.29) is 5.91 Å². The third kappa shape index (κ3) is 3.31. The third-order valence-electron chi connectivity index (χ3n) is 3.73. The fourth-order valence-electron chi connectivity index (χ4n) is 2.55. The lowest BCUT2D eigenvalue weighted by Gasteiger charge is -2.07. The van der Waals surface area contributed by atoms with E-state index in [0.29, 0.717) is 16.4 Å². The van der Waals surface area contributed by atoms with Gasteiger partial charge >= 0.3 is 0 Å². The topological polar surface area (TPSA) is 51.2 Å². The lowest BCUT2D eigenvalue weighted by molar-refractivity contribution is 0.102. The van der Waals surface area contributed by atoms with Crippen molar-refractivity contribution in [3.05, 3.63) is 64.5 Å². The number of carbonyl (C=O) groups is 1. The lowest BCUT2D eigenvalue weighted by atomic mass is 10.0. The van der Waals surface area contributed by atoms with Crippen molar-refractivity contribution in [2.24, 2.45) is 0 Å². The normalized spacial score (nSPS) is 10.5. The molecule has 24 heavy (non-hydrogen) atoms. The summed E-state index contributed by atoms with van der Waals surface area (Å²) in [5.74, 6) is 0.315. The molecule has 3 rings (SSSR count). The van der Waals surface area contributed by atoms with Gasteiger partial charge in [-0.1, -0.05) is 35.9 Å². The first-order valence-electron chi connectivity index (χ1n) is 7.56. The zero-order valence-electron chi connectivity index (χ0n) is 13.8. The molecule has 0 radical (unpaired) electrons. The molecule has 5 heteroatoms. The first-order chi connectivity index (χ1) is 11.6. The van der Waals surface area contributed by atoms with Crippen LogP contribution in [0.5, 0.6) is 5.75 Å². The number of aromatic nitrogens is 1. The maximum Gasteiger partial charge on any atom is 0.261 e. The van der Waals surface area contributed by atoms with E-state index in [1.54, 1.807) is 25.3 Å². The molecule has 0 fully saturated rings. The Kier molecular flexibility index (Phi) is 4.62. The zero-order chi connectivity index (χ0) is 17.1. The Morgan fingerprint density at radius 3 is 2.71 bits per heavy atom. The molecular formula is C19H18N2O2S. The van der Waals surface area contributed by atoms with Crippen LogP contribution < -0.4 is 10.1 Å². The first kappa shape index (κ1) is 16.2. The van der Waals surface area contributed by atoms with Crippen molar-refractivity contribution in [3.63, 3.8) is 0 Å². The minimum atomic E-state index is -0.228. The maximum atomic E-state index is 12.4. The average molecular weight is 338 g/mol. The maximum absolute atomic E-state index is 12.4. The summed E-state index contributed by atoms with van der Waals surface area (Å²) in [6.07, 6.45) is 0. The highest BCUT2D eigenvalue weighted by molar-refractivity contribution is 7.14. The van der Waals surface area contributed by atoms with E-state index in [9.17, 15) is 4.79 Å². The number of rotatable bonds is 4. The minimum absolute atomic E-state index is 0.228. The second-order valence-corrected chi connectivity index (χ2v) is 6.37. The van der Waals surface area contributed by atoms with Gasteiger partial charge in [-0.3, -0.25) is 10.1 Å². The summed E-state index contributed by atoms with van der Waals surface area (Å²) in [5.41, 5.74) is 4.82. The van der Waals surface area contributed by atoms with Gasteiger partial charge in [-0.05, 0) is 31.5 Å². The van der Waals surface area contributed by atoms with Crippen LogP contribution in [0.15, 0.2) is 47.8 Å². The molecule has 0 unspecified atom stereocenters. The molecular weight excluding hydrogens is 320 g/mol. The molecule has 0 aliphatic rings. The van der Waals surface area contributed by atoms with E-state index < -0.39 is 0 Å². The van der Waals surface area contributed by atoms with Crippen LogP contribution in [0.1, 0.15) is 21.5 Å². The summed E-state index contributed by atoms with van der Waals surface area (Å²) in [4.78, 5) is 17.0. The number of methoxy groups -OCH3 is 1. The van der Waals surface area contributed by atoms with E-state index >= 15 is 0 Å². The molecule has 4 nitrogen and oxygen atoms in total. The van der Waals surface area contributed by atoms with Gasteiger partial charge in [0.15, 0.2) is 5.13 Å². The van der Waals surface area contributed by atoms with E-state index in [4.69, 9.17) is 4.74 Å². The lowest BCUT2D eigenvalue weighted by Crippen LogP contribution is -2.12. The van der Waals surface area contributed by atoms with Crippen LogP contribution in [0.3, 0.4) is 0 Å². The van der Waals surface area contributed by atoms with Gasteiger partial charge in [0.25, 0.3) is 5.91 Å². The molecule has 2 aromatic carbocycles. The Hall–Kier alpha value is -2.66. The predicted molar refractivity (Wildman–Crippen MR) is 98.0 cm³/mol. The number of nitrogens with zero attached hydrogens (tertiary/aromatic N) is 1. The molecule has 3 aromatic rings. The number of hydrogen-bond donors (Lipinski definition) is 1. The van der Waals surface area contributed by atoms with Crippen molar-refractivity contribution in [1.29, 1.82) is 0 Å². The van der Waals surface area contributed by atoms with Crippen LogP contribution in [0, 0.1) is 13.8 Å². The number of carbonyl (C=O) groups excluding carboxylic acids is 1. The van der Waals surface area contributed by atoms with Crippen molar-refractivity contribution in [2.45, 2.75) is 13.8 Å². The van der Waals surface area contributed by atoms with E-state index in [0.717, 1.165) is 11.3 Å². The van der Waals surface area contributed by atoms with E-state index in [1.807, 2.05) is 11.4 Å². The average Bonchev–Trinajstić information content (AvgIpc) is 3.02. The first-order valence-corrected chi connectivity index (χ1v) is 8.44. The summed E-state index contributed by atoms with van der Waals surface area (Å²) < 4.78 is 5.23. The second kappa shape index (κ2) is 6.84. The number of thiazole rings is 1. The third-order valence-corrected chi connectivity index (χ3v) is 4.49. The minimum Gasteiger partial charge on any atom is -0.496 e. The number of aryl methyl sites for hydroxylation is 2. The monoisotopic (exact) mass is 338 g/mol. The van der Waals surface area contributed by atoms with E-state index in [2.05, 4.69) is 42.3 Å². The Labute approximate surface area is 145 Å². The summed E-state index contributed by atoms with van der Waals surface area (Å²) in [6.45, 7) is 4.13. The molecule has 0 aliphatic carbocycles. The smallest absolute Gasteiger partial charge is 0.261 e. The van der Waals surface area contributed by atoms with Gasteiger partial charge in [-0.15, -0.1) is 11.3 Å². The van der Waals surface area contributed by atoms with Crippen LogP contribution in [0.4, 0.5) is 5.13 Å². The predicted octanol–water partition coefficient (Wildman–Crippen LogP) is 4.69. The summed E-state index contributed by atoms with van der Waals surface area (Å²) >= 11 is 1.41. The van der Waals surface area contributed by atoms with Gasteiger partial charge < -0.3 is 4.74 Å². The van der Waals surface area contributed by atoms with Crippen molar-refractivity contribution >= 4 is 22.4 Å². The van der Waals surface area contributed by atoms with Crippen molar-refractivity contribution in [1.82, 2.24) is 4.98 Å². The van der Waals surface area contributed by atoms with Crippen LogP contribution in [-0.2, 0) is 0 Å². The highest BCUT2D eigenvalue weighted by Crippen LogP contribution is 2.28. The van der Waals surface area contributed by atoms with Gasteiger partial charge in [0.05, 0.1) is 18.4 Å². The Balaban J connectivity index is 1.82. The molecule has 1 amide bonds. The van der Waals surface area contributed by atoms with Gasteiger partial charge in [-0.2, -0.15) is 0 Å². The Bertz CT molecular complexity index is 887. The molecule has 1 heterocycles. The van der Waals surface area contributed by atoms with Crippen molar-refractivity contribution in [3.8, 4) is 17.0 Å². The summed E-state index contributed by atoms with van der Waals surface area (Å²) in [7, 11) is 1.55. The Morgan fingerprint density at radius 2 is 1.96 bits per heavy atom. The molecule has 0 atom stereocenters. The van der Waals surface area contributed by atoms with Crippen molar-refractivity contribution in [2.75, 3.05) is 12.4 Å². The van der Waals surface area contributed by atoms with E-state index in [1.165, 1.54) is 22.5 Å². The van der Waals surface area contributed by atoms with Crippen LogP contribution in [-0.4, -0.2) is 18.0 Å². The fourth-order valence-corrected chi connectivity index (χ4v) is 3.26. The number of ether oxygens (including phenoxy) is 1. The Morgan fingerprint density at radius 1 is 1.17 bits per heavy atom. The van der Waals surface area contributed by atoms with Crippen LogP contribution in [0.25, 0.3) is 11.3 Å². The van der Waals surface area contributed by atoms with Gasteiger partial charge in [0.2, 0.25) is 0 Å². The highest BCUT2D eigenvalue weighted by atomic mass is 32.1. The highest BCUT2D eigenvalue weighted by Gasteiger charge is 2.14. The molecule has 1 N–H and O–H groups in total. The molecule has 0 aliphatic heterocycles. The van der Waals surface area contributed by atoms with Crippen LogP contribution >= 0.6 is 11.3 Å². The zero-order valence-corrected chi connectivity index (χ0v) is 14.6. The second-order valence-electron chi connectivity index (χ2n) is 5.51. The molecule has 122 valence electrons. The molecule has 0 saturated carbocycles. The standard InChI is InChI=1S/C19H18N2O2S/c1-12-8-9-14(13(2)10-12)16-11-24-19(20-16)21-18(22)15-6-4-5-7-17(15)23-3/h4-11H,1-3H3,(H,20,21,22). The summed E-state index contributed by atoms with van der Waals surface area (Å²) in [6, 6.07) is 13.4. The largest absolute Gasteiger partial charge is 0.496 e. The fraction of sp³-hybridized carbons (Fsp3) is 0.158. The number of nitrogens with one attached hydrogen (secondary N) is 1. The van der Waals surface area contributed by atoms with Gasteiger partial charge in [0.1, 0.15) is 5.75 Å². The van der Waals surface area contributed by atoms with Gasteiger partial charge in [-0.25, -0.2) is 4.98 Å². The van der Waals surface area contributed by atoms with Crippen LogP contribution in [0.2, 0.25) is 0 Å². The molecule has 0 spiro atoms. The number of anilines is 1. The van der Waals surface area contributed by atoms with Gasteiger partial charge in [0, 0.05) is 10.9 Å². The summed E-state index contributed by atoms with van der Waals surface area (Å²) in [5, 5.41) is 5.37. The SMILES string of the molecule is COc1ccccc1C(=O)Nc1nc(-c2ccc(C)cc2C)cs1.